The Kier molecular flexibility index (Phi) is 4.53. The lowest BCUT2D eigenvalue weighted by atomic mass is 9.47. The molecule has 0 aromatic carbocycles. The van der Waals surface area contributed by atoms with Crippen LogP contribution < -0.4 is 5.73 Å². The molecule has 0 radical (unpaired) electrons. The Morgan fingerprint density at radius 3 is 2.65 bits per heavy atom. The first kappa shape index (κ1) is 18.5. The van der Waals surface area contributed by atoms with Gasteiger partial charge in [0.05, 0.1) is 0 Å². The fraction of sp³-hybridized carbons (Fsp3) is 0.870. The van der Waals surface area contributed by atoms with Crippen molar-refractivity contribution in [2.75, 3.05) is 0 Å². The number of fused-ring (bicyclic) bond motifs is 5. The maximum absolute atomic E-state index is 11.4. The molecule has 0 saturated heterocycles. The average molecular weight is 360 g/mol. The monoisotopic (exact) mass is 359 g/mol. The van der Waals surface area contributed by atoms with E-state index in [1.165, 1.54) is 45.4 Å². The molecular weight excluding hydrogens is 322 g/mol. The van der Waals surface area contributed by atoms with Gasteiger partial charge >= 0.3 is 5.97 Å². The van der Waals surface area contributed by atoms with E-state index in [4.69, 9.17) is 10.5 Å². The van der Waals surface area contributed by atoms with Crippen LogP contribution in [0.4, 0.5) is 0 Å². The molecule has 3 fully saturated rings. The molecule has 26 heavy (non-hydrogen) atoms. The fourth-order valence-electron chi connectivity index (χ4n) is 7.87. The Bertz CT molecular complexity index is 611. The molecule has 0 aromatic rings. The zero-order chi connectivity index (χ0) is 18.7. The second kappa shape index (κ2) is 6.36. The summed E-state index contributed by atoms with van der Waals surface area (Å²) >= 11 is 0. The van der Waals surface area contributed by atoms with Crippen molar-refractivity contribution in [1.29, 1.82) is 0 Å². The van der Waals surface area contributed by atoms with Gasteiger partial charge in [-0.15, -0.1) is 0 Å². The van der Waals surface area contributed by atoms with Gasteiger partial charge in [0.15, 0.2) is 0 Å². The number of hydrogen-bond donors (Lipinski definition) is 1. The lowest BCUT2D eigenvalue weighted by Gasteiger charge is -2.58. The first-order valence-corrected chi connectivity index (χ1v) is 10.9. The molecule has 0 unspecified atom stereocenters. The van der Waals surface area contributed by atoms with Crippen LogP contribution in [0.15, 0.2) is 11.6 Å². The third-order valence-electron chi connectivity index (χ3n) is 9.10. The van der Waals surface area contributed by atoms with Crippen LogP contribution >= 0.6 is 0 Å². The summed E-state index contributed by atoms with van der Waals surface area (Å²) in [6.07, 6.45) is 12.4. The number of ether oxygens (including phenoxy) is 1. The molecule has 8 atom stereocenters. The molecule has 0 amide bonds. The summed E-state index contributed by atoms with van der Waals surface area (Å²) < 4.78 is 5.55. The Balaban J connectivity index is 1.58. The van der Waals surface area contributed by atoms with Crippen molar-refractivity contribution in [3.63, 3.8) is 0 Å². The van der Waals surface area contributed by atoms with Crippen LogP contribution in [0.5, 0.6) is 0 Å². The minimum absolute atomic E-state index is 0.103. The summed E-state index contributed by atoms with van der Waals surface area (Å²) in [5.41, 5.74) is 8.75. The highest BCUT2D eigenvalue weighted by Gasteiger charge is 2.59. The number of nitrogens with two attached hydrogens (primary N) is 1. The van der Waals surface area contributed by atoms with E-state index in [9.17, 15) is 4.79 Å². The van der Waals surface area contributed by atoms with Gasteiger partial charge in [0, 0.05) is 19.4 Å². The minimum Gasteiger partial charge on any atom is -0.462 e. The predicted octanol–water partition coefficient (Wildman–Crippen LogP) is 4.84. The van der Waals surface area contributed by atoms with Crippen molar-refractivity contribution < 1.29 is 9.53 Å². The van der Waals surface area contributed by atoms with E-state index in [1.54, 1.807) is 5.57 Å². The molecule has 146 valence electrons. The third kappa shape index (κ3) is 2.68. The highest BCUT2D eigenvalue weighted by Crippen LogP contribution is 2.66. The number of allylic oxidation sites excluding steroid dienone is 1. The first-order valence-electron chi connectivity index (χ1n) is 10.9. The van der Waals surface area contributed by atoms with Crippen LogP contribution in [0.3, 0.4) is 0 Å². The Morgan fingerprint density at radius 1 is 1.19 bits per heavy atom. The molecule has 2 N–H and O–H groups in total. The molecule has 4 aliphatic rings. The van der Waals surface area contributed by atoms with Gasteiger partial charge in [-0.3, -0.25) is 4.79 Å². The van der Waals surface area contributed by atoms with Gasteiger partial charge in [-0.1, -0.05) is 25.5 Å². The van der Waals surface area contributed by atoms with Crippen LogP contribution in [-0.2, 0) is 9.53 Å². The lowest BCUT2D eigenvalue weighted by Crippen LogP contribution is -2.52. The van der Waals surface area contributed by atoms with E-state index in [2.05, 4.69) is 26.8 Å². The van der Waals surface area contributed by atoms with Gasteiger partial charge in [0.25, 0.3) is 0 Å². The fourth-order valence-corrected chi connectivity index (χ4v) is 7.87. The van der Waals surface area contributed by atoms with Gasteiger partial charge in [0.1, 0.15) is 6.10 Å². The molecular formula is C23H37NO2. The number of esters is 1. The molecule has 3 heteroatoms. The summed E-state index contributed by atoms with van der Waals surface area (Å²) in [6, 6.07) is 0.325. The number of carbonyl (C=O) groups excluding carboxylic acids is 1. The molecule has 0 bridgehead atoms. The quantitative estimate of drug-likeness (QED) is 0.567. The Labute approximate surface area is 159 Å². The van der Waals surface area contributed by atoms with Gasteiger partial charge in [-0.25, -0.2) is 0 Å². The third-order valence-corrected chi connectivity index (χ3v) is 9.10. The van der Waals surface area contributed by atoms with E-state index < -0.39 is 0 Å². The molecule has 0 aliphatic heterocycles. The van der Waals surface area contributed by atoms with Crippen molar-refractivity contribution >= 4 is 5.97 Å². The average Bonchev–Trinajstić information content (AvgIpc) is 2.92. The molecule has 3 saturated carbocycles. The van der Waals surface area contributed by atoms with Crippen molar-refractivity contribution in [2.45, 2.75) is 91.2 Å². The summed E-state index contributed by atoms with van der Waals surface area (Å²) in [4.78, 5) is 11.4. The molecule has 3 nitrogen and oxygen atoms in total. The number of carbonyl (C=O) groups is 1. The zero-order valence-electron chi connectivity index (χ0n) is 17.1. The number of hydrogen-bond acceptors (Lipinski definition) is 3. The molecule has 4 aliphatic carbocycles. The summed E-state index contributed by atoms with van der Waals surface area (Å²) in [5.74, 6) is 3.06. The van der Waals surface area contributed by atoms with E-state index in [0.717, 1.165) is 30.6 Å². The normalized spacial score (nSPS) is 48.7. The van der Waals surface area contributed by atoms with Crippen LogP contribution in [0.25, 0.3) is 0 Å². The van der Waals surface area contributed by atoms with Gasteiger partial charge in [0.2, 0.25) is 0 Å². The summed E-state index contributed by atoms with van der Waals surface area (Å²) in [5, 5.41) is 0. The van der Waals surface area contributed by atoms with E-state index >= 15 is 0 Å². The smallest absolute Gasteiger partial charge is 0.302 e. The van der Waals surface area contributed by atoms with Crippen molar-refractivity contribution in [2.24, 2.45) is 40.2 Å². The van der Waals surface area contributed by atoms with E-state index in [-0.39, 0.29) is 12.1 Å². The molecule has 0 spiro atoms. The molecule has 4 rings (SSSR count). The van der Waals surface area contributed by atoms with E-state index in [0.29, 0.717) is 22.8 Å². The summed E-state index contributed by atoms with van der Waals surface area (Å²) in [6.45, 7) is 8.82. The minimum atomic E-state index is -0.130. The standard InChI is InChI=1S/C23H37NO2/c1-14(24)19-7-8-20-18-6-5-16-13-17(26-15(2)25)9-11-22(16,3)21(18)10-12-23(19,20)4/h5,14,17-21H,6-13,24H2,1-4H3/t14-,17-,18+,19-,20+,21+,22+,23-/m1/s1. The number of rotatable bonds is 2. The largest absolute Gasteiger partial charge is 0.462 e. The summed E-state index contributed by atoms with van der Waals surface area (Å²) in [7, 11) is 0. The van der Waals surface area contributed by atoms with Crippen molar-refractivity contribution in [1.82, 2.24) is 0 Å². The van der Waals surface area contributed by atoms with Crippen LogP contribution in [0.1, 0.15) is 79.1 Å². The van der Waals surface area contributed by atoms with E-state index in [1.807, 2.05) is 0 Å². The SMILES string of the molecule is CC(=O)O[C@@H]1CC[C@@]2(C)C(=CC[C@H]3[C@@H]4CC[C@H]([C@@H](C)N)[C@@]4(C)CC[C@@H]32)C1. The highest BCUT2D eigenvalue weighted by molar-refractivity contribution is 5.66. The Morgan fingerprint density at radius 2 is 1.96 bits per heavy atom. The molecule has 0 aromatic heterocycles. The van der Waals surface area contributed by atoms with Crippen LogP contribution in [0, 0.1) is 34.5 Å². The molecule has 0 heterocycles. The van der Waals surface area contributed by atoms with Crippen molar-refractivity contribution in [3.8, 4) is 0 Å². The maximum atomic E-state index is 11.4. The topological polar surface area (TPSA) is 52.3 Å². The van der Waals surface area contributed by atoms with Crippen molar-refractivity contribution in [3.05, 3.63) is 11.6 Å². The first-order chi connectivity index (χ1) is 12.3. The highest BCUT2D eigenvalue weighted by atomic mass is 16.5. The lowest BCUT2D eigenvalue weighted by molar-refractivity contribution is -0.148. The zero-order valence-corrected chi connectivity index (χ0v) is 17.1. The second-order valence-corrected chi connectivity index (χ2v) is 10.3. The Hall–Kier alpha value is -0.830. The van der Waals surface area contributed by atoms with Gasteiger partial charge < -0.3 is 10.5 Å². The van der Waals surface area contributed by atoms with Crippen LogP contribution in [0.2, 0.25) is 0 Å². The van der Waals surface area contributed by atoms with Gasteiger partial charge in [-0.2, -0.15) is 0 Å². The van der Waals surface area contributed by atoms with Crippen LogP contribution in [-0.4, -0.2) is 18.1 Å². The second-order valence-electron chi connectivity index (χ2n) is 10.3. The van der Waals surface area contributed by atoms with Gasteiger partial charge in [-0.05, 0) is 86.4 Å². The maximum Gasteiger partial charge on any atom is 0.302 e. The predicted molar refractivity (Wildman–Crippen MR) is 104 cm³/mol.